The second-order valence-electron chi connectivity index (χ2n) is 4.25. The Bertz CT molecular complexity index is 417. The monoisotopic (exact) mass is 219 g/mol. The van der Waals surface area contributed by atoms with E-state index in [2.05, 4.69) is 22.1 Å². The Morgan fingerprint density at radius 2 is 2.31 bits per heavy atom. The number of rotatable bonds is 1. The van der Waals surface area contributed by atoms with E-state index in [1.165, 1.54) is 0 Å². The summed E-state index contributed by atoms with van der Waals surface area (Å²) in [5.74, 6) is 0.956. The molecule has 0 saturated heterocycles. The highest BCUT2D eigenvalue weighted by Crippen LogP contribution is 2.27. The van der Waals surface area contributed by atoms with Crippen molar-refractivity contribution in [2.24, 2.45) is 5.92 Å². The summed E-state index contributed by atoms with van der Waals surface area (Å²) < 4.78 is 0. The Labute approximate surface area is 95.7 Å². The number of nitrogens with one attached hydrogen (secondary N) is 1. The molecule has 86 valence electrons. The second kappa shape index (κ2) is 4.12. The van der Waals surface area contributed by atoms with Crippen LogP contribution in [0.4, 0.5) is 11.5 Å². The summed E-state index contributed by atoms with van der Waals surface area (Å²) in [6.07, 6.45) is 0. The number of carbonyl (C=O) groups excluding carboxylic acids is 1. The van der Waals surface area contributed by atoms with E-state index in [1.54, 1.807) is 0 Å². The summed E-state index contributed by atoms with van der Waals surface area (Å²) in [7, 11) is 0. The fraction of sp³-hybridized carbons (Fsp3) is 0.500. The zero-order chi connectivity index (χ0) is 11.7. The van der Waals surface area contributed by atoms with E-state index in [4.69, 9.17) is 0 Å². The average molecular weight is 219 g/mol. The highest BCUT2D eigenvalue weighted by Gasteiger charge is 2.24. The van der Waals surface area contributed by atoms with Gasteiger partial charge in [0.15, 0.2) is 5.82 Å². The summed E-state index contributed by atoms with van der Waals surface area (Å²) in [5.41, 5.74) is 1.79. The van der Waals surface area contributed by atoms with E-state index in [0.717, 1.165) is 30.3 Å². The molecule has 4 heteroatoms. The lowest BCUT2D eigenvalue weighted by molar-refractivity contribution is -0.119. The number of aryl methyl sites for hydroxylation is 1. The van der Waals surface area contributed by atoms with Crippen LogP contribution in [0.25, 0.3) is 0 Å². The third-order valence-electron chi connectivity index (χ3n) is 2.90. The molecule has 1 aliphatic heterocycles. The van der Waals surface area contributed by atoms with Crippen LogP contribution in [0.1, 0.15) is 19.5 Å². The fourth-order valence-corrected chi connectivity index (χ4v) is 1.92. The number of anilines is 2. The normalized spacial score (nSPS) is 20.1. The highest BCUT2D eigenvalue weighted by atomic mass is 16.1. The van der Waals surface area contributed by atoms with Gasteiger partial charge in [-0.25, -0.2) is 4.98 Å². The maximum Gasteiger partial charge on any atom is 0.229 e. The van der Waals surface area contributed by atoms with Crippen LogP contribution in [0, 0.1) is 12.8 Å². The third-order valence-corrected chi connectivity index (χ3v) is 2.90. The van der Waals surface area contributed by atoms with Crippen LogP contribution in [0.2, 0.25) is 0 Å². The number of nitrogens with zero attached hydrogens (tertiary/aromatic N) is 2. The van der Waals surface area contributed by atoms with Crippen molar-refractivity contribution in [1.29, 1.82) is 0 Å². The largest absolute Gasteiger partial charge is 0.354 e. The van der Waals surface area contributed by atoms with Crippen LogP contribution >= 0.6 is 0 Å². The number of hydrogen-bond acceptors (Lipinski definition) is 3. The first-order valence-electron chi connectivity index (χ1n) is 5.65. The van der Waals surface area contributed by atoms with Crippen molar-refractivity contribution in [3.63, 3.8) is 0 Å². The zero-order valence-corrected chi connectivity index (χ0v) is 9.95. The first-order valence-corrected chi connectivity index (χ1v) is 5.65. The molecule has 0 spiro atoms. The van der Waals surface area contributed by atoms with Gasteiger partial charge in [-0.15, -0.1) is 0 Å². The Kier molecular flexibility index (Phi) is 2.81. The van der Waals surface area contributed by atoms with Gasteiger partial charge < -0.3 is 10.2 Å². The van der Waals surface area contributed by atoms with Crippen molar-refractivity contribution in [1.82, 2.24) is 4.98 Å². The lowest BCUT2D eigenvalue weighted by atomic mass is 10.1. The van der Waals surface area contributed by atoms with E-state index in [0.29, 0.717) is 0 Å². The molecule has 0 radical (unpaired) electrons. The van der Waals surface area contributed by atoms with E-state index < -0.39 is 0 Å². The number of carbonyl (C=O) groups is 1. The molecule has 4 nitrogen and oxygen atoms in total. The van der Waals surface area contributed by atoms with Gasteiger partial charge in [0.05, 0.1) is 11.6 Å². The van der Waals surface area contributed by atoms with Crippen molar-refractivity contribution < 1.29 is 4.79 Å². The third kappa shape index (κ3) is 1.87. The van der Waals surface area contributed by atoms with Crippen LogP contribution in [0.3, 0.4) is 0 Å². The van der Waals surface area contributed by atoms with Gasteiger partial charge in [-0.1, -0.05) is 6.92 Å². The standard InChI is InChI=1S/C12H17N3O/c1-4-15-7-8(2)12(16)14-10-6-5-9(3)13-11(10)15/h5-6,8H,4,7H2,1-3H3,(H,14,16). The lowest BCUT2D eigenvalue weighted by Gasteiger charge is -2.22. The Morgan fingerprint density at radius 3 is 3.00 bits per heavy atom. The van der Waals surface area contributed by atoms with Gasteiger partial charge in [0.2, 0.25) is 5.91 Å². The quantitative estimate of drug-likeness (QED) is 0.783. The molecule has 1 amide bonds. The van der Waals surface area contributed by atoms with Gasteiger partial charge in [-0.05, 0) is 26.0 Å². The molecule has 0 aromatic carbocycles. The van der Waals surface area contributed by atoms with E-state index in [1.807, 2.05) is 26.0 Å². The van der Waals surface area contributed by atoms with E-state index in [-0.39, 0.29) is 11.8 Å². The topological polar surface area (TPSA) is 45.2 Å². The Balaban J connectivity index is 2.46. The Hall–Kier alpha value is -1.58. The number of hydrogen-bond donors (Lipinski definition) is 1. The van der Waals surface area contributed by atoms with Gasteiger partial charge in [0.1, 0.15) is 0 Å². The molecule has 1 aromatic heterocycles. The Morgan fingerprint density at radius 1 is 1.56 bits per heavy atom. The number of fused-ring (bicyclic) bond motifs is 1. The van der Waals surface area contributed by atoms with Crippen LogP contribution in [0.5, 0.6) is 0 Å². The fourth-order valence-electron chi connectivity index (χ4n) is 1.92. The predicted octanol–water partition coefficient (Wildman–Crippen LogP) is 1.80. The molecule has 1 aliphatic rings. The molecule has 0 bridgehead atoms. The van der Waals surface area contributed by atoms with Crippen LogP contribution in [-0.4, -0.2) is 24.0 Å². The molecule has 0 fully saturated rings. The van der Waals surface area contributed by atoms with Gasteiger partial charge in [-0.2, -0.15) is 0 Å². The maximum atomic E-state index is 11.8. The van der Waals surface area contributed by atoms with E-state index in [9.17, 15) is 4.79 Å². The number of amides is 1. The first-order chi connectivity index (χ1) is 7.61. The molecule has 0 saturated carbocycles. The number of aromatic nitrogens is 1. The maximum absolute atomic E-state index is 11.8. The predicted molar refractivity (Wildman–Crippen MR) is 64.7 cm³/mol. The van der Waals surface area contributed by atoms with Gasteiger partial charge in [0.25, 0.3) is 0 Å². The van der Waals surface area contributed by atoms with Crippen LogP contribution in [-0.2, 0) is 4.79 Å². The summed E-state index contributed by atoms with van der Waals surface area (Å²) in [5, 5.41) is 2.92. The van der Waals surface area contributed by atoms with Gasteiger partial charge in [0, 0.05) is 18.8 Å². The second-order valence-corrected chi connectivity index (χ2v) is 4.25. The van der Waals surface area contributed by atoms with Crippen molar-refractivity contribution >= 4 is 17.4 Å². The molecule has 1 atom stereocenters. The smallest absolute Gasteiger partial charge is 0.229 e. The first kappa shape index (κ1) is 10.9. The van der Waals surface area contributed by atoms with Crippen LogP contribution in [0.15, 0.2) is 12.1 Å². The molecule has 16 heavy (non-hydrogen) atoms. The van der Waals surface area contributed by atoms with Crippen molar-refractivity contribution in [3.05, 3.63) is 17.8 Å². The molecular formula is C12H17N3O. The lowest BCUT2D eigenvalue weighted by Crippen LogP contribution is -2.30. The summed E-state index contributed by atoms with van der Waals surface area (Å²) in [4.78, 5) is 18.4. The molecule has 1 unspecified atom stereocenters. The molecular weight excluding hydrogens is 202 g/mol. The minimum Gasteiger partial charge on any atom is -0.354 e. The van der Waals surface area contributed by atoms with Crippen LogP contribution < -0.4 is 10.2 Å². The minimum absolute atomic E-state index is 0.00513. The SMILES string of the molecule is CCN1CC(C)C(=O)Nc2ccc(C)nc21. The molecule has 1 aromatic rings. The van der Waals surface area contributed by atoms with Crippen molar-refractivity contribution in [2.75, 3.05) is 23.3 Å². The summed E-state index contributed by atoms with van der Waals surface area (Å²) >= 11 is 0. The summed E-state index contributed by atoms with van der Waals surface area (Å²) in [6, 6.07) is 3.85. The molecule has 0 aliphatic carbocycles. The van der Waals surface area contributed by atoms with E-state index >= 15 is 0 Å². The minimum atomic E-state index is -0.00513. The molecule has 2 heterocycles. The molecule has 2 rings (SSSR count). The molecule has 1 N–H and O–H groups in total. The van der Waals surface area contributed by atoms with Crippen molar-refractivity contribution in [3.8, 4) is 0 Å². The summed E-state index contributed by atoms with van der Waals surface area (Å²) in [6.45, 7) is 7.58. The van der Waals surface area contributed by atoms with Gasteiger partial charge >= 0.3 is 0 Å². The highest BCUT2D eigenvalue weighted by molar-refractivity contribution is 5.96. The number of pyridine rings is 1. The van der Waals surface area contributed by atoms with Gasteiger partial charge in [-0.3, -0.25) is 4.79 Å². The average Bonchev–Trinajstić information content (AvgIpc) is 2.38. The zero-order valence-electron chi connectivity index (χ0n) is 9.95. The van der Waals surface area contributed by atoms with Crippen molar-refractivity contribution in [2.45, 2.75) is 20.8 Å².